The van der Waals surface area contributed by atoms with Crippen LogP contribution in [0.15, 0.2) is 71.0 Å². The largest absolute Gasteiger partial charge is 0.465 e. The first-order valence-corrected chi connectivity index (χ1v) is 9.97. The van der Waals surface area contributed by atoms with Gasteiger partial charge in [-0.15, -0.1) is 0 Å². The van der Waals surface area contributed by atoms with Gasteiger partial charge in [-0.1, -0.05) is 35.9 Å². The molecule has 2 aromatic carbocycles. The van der Waals surface area contributed by atoms with Crippen molar-refractivity contribution in [3.8, 4) is 0 Å². The third kappa shape index (κ3) is 5.61. The van der Waals surface area contributed by atoms with Crippen molar-refractivity contribution in [1.82, 2.24) is 10.6 Å². The third-order valence-corrected chi connectivity index (χ3v) is 5.10. The molecular formula is C24H23ClN2O3. The highest BCUT2D eigenvalue weighted by Crippen LogP contribution is 2.15. The third-order valence-electron chi connectivity index (χ3n) is 4.73. The molecule has 154 valence electrons. The quantitative estimate of drug-likeness (QED) is 0.543. The zero-order valence-electron chi connectivity index (χ0n) is 16.9. The van der Waals surface area contributed by atoms with E-state index in [0.717, 1.165) is 16.7 Å². The smallest absolute Gasteiger partial charge is 0.267 e. The highest BCUT2D eigenvalue weighted by molar-refractivity contribution is 6.31. The summed E-state index contributed by atoms with van der Waals surface area (Å²) in [7, 11) is 0. The lowest BCUT2D eigenvalue weighted by Crippen LogP contribution is -2.35. The van der Waals surface area contributed by atoms with Gasteiger partial charge in [0.15, 0.2) is 0 Å². The lowest BCUT2D eigenvalue weighted by atomic mass is 10.1. The summed E-state index contributed by atoms with van der Waals surface area (Å²) < 4.78 is 5.30. The van der Waals surface area contributed by atoms with E-state index in [4.69, 9.17) is 16.0 Å². The van der Waals surface area contributed by atoms with E-state index in [1.54, 1.807) is 24.3 Å². The first-order chi connectivity index (χ1) is 14.4. The second-order valence-corrected chi connectivity index (χ2v) is 7.33. The monoisotopic (exact) mass is 422 g/mol. The van der Waals surface area contributed by atoms with Crippen molar-refractivity contribution < 1.29 is 14.0 Å². The van der Waals surface area contributed by atoms with Crippen LogP contribution >= 0.6 is 11.6 Å². The SMILES string of the molecule is Cc1ccc(C(=O)NC(=Cc2ccco2)C(=O)NCCc2ccccc2Cl)cc1C. The Labute approximate surface area is 180 Å². The zero-order valence-corrected chi connectivity index (χ0v) is 17.6. The van der Waals surface area contributed by atoms with Gasteiger partial charge in [0, 0.05) is 23.2 Å². The fraction of sp³-hybridized carbons (Fsp3) is 0.167. The van der Waals surface area contributed by atoms with Crippen LogP contribution < -0.4 is 10.6 Å². The maximum absolute atomic E-state index is 12.8. The average molecular weight is 423 g/mol. The molecule has 30 heavy (non-hydrogen) atoms. The number of furan rings is 1. The van der Waals surface area contributed by atoms with Crippen molar-refractivity contribution in [3.05, 3.63) is 99.6 Å². The fourth-order valence-electron chi connectivity index (χ4n) is 2.86. The van der Waals surface area contributed by atoms with Gasteiger partial charge < -0.3 is 15.1 Å². The number of carbonyl (C=O) groups is 2. The Morgan fingerprint density at radius 2 is 1.83 bits per heavy atom. The van der Waals surface area contributed by atoms with E-state index in [9.17, 15) is 9.59 Å². The topological polar surface area (TPSA) is 71.3 Å². The maximum Gasteiger partial charge on any atom is 0.267 e. The average Bonchev–Trinajstić information content (AvgIpc) is 3.24. The molecule has 0 spiro atoms. The summed E-state index contributed by atoms with van der Waals surface area (Å²) in [4.78, 5) is 25.5. The number of benzene rings is 2. The maximum atomic E-state index is 12.8. The minimum Gasteiger partial charge on any atom is -0.465 e. The summed E-state index contributed by atoms with van der Waals surface area (Å²) in [5.41, 5.74) is 3.62. The second kappa shape index (κ2) is 9.94. The van der Waals surface area contributed by atoms with E-state index in [0.29, 0.717) is 29.3 Å². The van der Waals surface area contributed by atoms with Crippen molar-refractivity contribution in [2.75, 3.05) is 6.54 Å². The van der Waals surface area contributed by atoms with Crippen molar-refractivity contribution >= 4 is 29.5 Å². The van der Waals surface area contributed by atoms with Gasteiger partial charge in [0.2, 0.25) is 0 Å². The number of halogens is 1. The Kier molecular flexibility index (Phi) is 7.09. The van der Waals surface area contributed by atoms with Crippen molar-refractivity contribution in [3.63, 3.8) is 0 Å². The van der Waals surface area contributed by atoms with Gasteiger partial charge in [0.1, 0.15) is 11.5 Å². The van der Waals surface area contributed by atoms with E-state index in [2.05, 4.69) is 10.6 Å². The molecule has 0 aliphatic carbocycles. The van der Waals surface area contributed by atoms with Crippen LogP contribution in [-0.4, -0.2) is 18.4 Å². The molecule has 0 saturated carbocycles. The van der Waals surface area contributed by atoms with E-state index < -0.39 is 5.91 Å². The van der Waals surface area contributed by atoms with Crippen LogP contribution in [0.25, 0.3) is 6.08 Å². The molecule has 3 rings (SSSR count). The number of hydrogen-bond acceptors (Lipinski definition) is 3. The van der Waals surface area contributed by atoms with Crippen molar-refractivity contribution in [2.24, 2.45) is 0 Å². The molecule has 0 radical (unpaired) electrons. The van der Waals surface area contributed by atoms with Gasteiger partial charge in [-0.05, 0) is 67.3 Å². The number of hydrogen-bond donors (Lipinski definition) is 2. The van der Waals surface area contributed by atoms with E-state index in [1.165, 1.54) is 12.3 Å². The molecule has 1 aromatic heterocycles. The van der Waals surface area contributed by atoms with Crippen molar-refractivity contribution in [2.45, 2.75) is 20.3 Å². The molecule has 0 aliphatic heterocycles. The molecular weight excluding hydrogens is 400 g/mol. The van der Waals surface area contributed by atoms with Crippen LogP contribution in [0.4, 0.5) is 0 Å². The standard InChI is InChI=1S/C24H23ClN2O3/c1-16-9-10-19(14-17(16)2)23(28)27-22(15-20-7-5-13-30-20)24(29)26-12-11-18-6-3-4-8-21(18)25/h3-10,13-15H,11-12H2,1-2H3,(H,26,29)(H,27,28). The molecule has 2 amide bonds. The molecule has 0 saturated heterocycles. The summed E-state index contributed by atoms with van der Waals surface area (Å²) in [6.45, 7) is 4.29. The van der Waals surface area contributed by atoms with Crippen LogP contribution in [0.3, 0.4) is 0 Å². The predicted molar refractivity (Wildman–Crippen MR) is 118 cm³/mol. The normalized spacial score (nSPS) is 11.2. The van der Waals surface area contributed by atoms with Crippen LogP contribution in [0, 0.1) is 13.8 Å². The first kappa shape index (κ1) is 21.4. The molecule has 0 bridgehead atoms. The number of aryl methyl sites for hydroxylation is 2. The molecule has 2 N–H and O–H groups in total. The minimum atomic E-state index is -0.407. The lowest BCUT2D eigenvalue weighted by Gasteiger charge is -2.12. The minimum absolute atomic E-state index is 0.104. The Bertz CT molecular complexity index is 1070. The van der Waals surface area contributed by atoms with Gasteiger partial charge in [-0.25, -0.2) is 0 Å². The van der Waals surface area contributed by atoms with Crippen LogP contribution in [0.5, 0.6) is 0 Å². The van der Waals surface area contributed by atoms with E-state index in [-0.39, 0.29) is 11.6 Å². The Hall–Kier alpha value is -3.31. The second-order valence-electron chi connectivity index (χ2n) is 6.92. The highest BCUT2D eigenvalue weighted by atomic mass is 35.5. The van der Waals surface area contributed by atoms with Crippen molar-refractivity contribution in [1.29, 1.82) is 0 Å². The number of nitrogens with one attached hydrogen (secondary N) is 2. The molecule has 0 aliphatic rings. The molecule has 1 heterocycles. The summed E-state index contributed by atoms with van der Waals surface area (Å²) in [6.07, 6.45) is 3.58. The van der Waals surface area contributed by atoms with Crippen LogP contribution in [0.2, 0.25) is 5.02 Å². The summed E-state index contributed by atoms with van der Waals surface area (Å²) in [6, 6.07) is 16.3. The van der Waals surface area contributed by atoms with Gasteiger partial charge in [0.05, 0.1) is 6.26 Å². The fourth-order valence-corrected chi connectivity index (χ4v) is 3.09. The summed E-state index contributed by atoms with van der Waals surface area (Å²) in [5, 5.41) is 6.18. The highest BCUT2D eigenvalue weighted by Gasteiger charge is 2.16. The van der Waals surface area contributed by atoms with Crippen LogP contribution in [-0.2, 0) is 11.2 Å². The van der Waals surface area contributed by atoms with Gasteiger partial charge >= 0.3 is 0 Å². The first-order valence-electron chi connectivity index (χ1n) is 9.59. The zero-order chi connectivity index (χ0) is 21.5. The molecule has 0 fully saturated rings. The molecule has 0 unspecified atom stereocenters. The molecule has 0 atom stereocenters. The molecule has 5 nitrogen and oxygen atoms in total. The van der Waals surface area contributed by atoms with Gasteiger partial charge in [-0.2, -0.15) is 0 Å². The van der Waals surface area contributed by atoms with Crippen LogP contribution in [0.1, 0.15) is 32.8 Å². The van der Waals surface area contributed by atoms with Gasteiger partial charge in [0.25, 0.3) is 11.8 Å². The number of carbonyl (C=O) groups excluding carboxylic acids is 2. The Balaban J connectivity index is 1.72. The lowest BCUT2D eigenvalue weighted by molar-refractivity contribution is -0.117. The summed E-state index contributed by atoms with van der Waals surface area (Å²) in [5.74, 6) is -0.306. The molecule has 3 aromatic rings. The number of amides is 2. The molecule has 6 heteroatoms. The number of rotatable bonds is 7. The Morgan fingerprint density at radius 3 is 2.53 bits per heavy atom. The predicted octanol–water partition coefficient (Wildman–Crippen LogP) is 4.68. The van der Waals surface area contributed by atoms with Gasteiger partial charge in [-0.3, -0.25) is 9.59 Å². The summed E-state index contributed by atoms with van der Waals surface area (Å²) >= 11 is 6.16. The van der Waals surface area contributed by atoms with E-state index in [1.807, 2.05) is 44.2 Å². The Morgan fingerprint density at radius 1 is 1.03 bits per heavy atom. The van der Waals surface area contributed by atoms with E-state index >= 15 is 0 Å².